The van der Waals surface area contributed by atoms with E-state index in [1.807, 2.05) is 65.6 Å². The summed E-state index contributed by atoms with van der Waals surface area (Å²) in [7, 11) is 0. The first kappa shape index (κ1) is 20.5. The summed E-state index contributed by atoms with van der Waals surface area (Å²) in [5, 5.41) is 21.0. The van der Waals surface area contributed by atoms with E-state index in [1.54, 1.807) is 24.3 Å². The molecule has 5 rings (SSSR count). The van der Waals surface area contributed by atoms with Crippen LogP contribution in [-0.4, -0.2) is 17.9 Å². The van der Waals surface area contributed by atoms with E-state index in [0.717, 1.165) is 20.4 Å². The van der Waals surface area contributed by atoms with E-state index < -0.39 is 23.4 Å². The highest BCUT2D eigenvalue weighted by atomic mass is 127. The minimum Gasteiger partial charge on any atom is -0.346 e. The fourth-order valence-corrected chi connectivity index (χ4v) is 5.67. The smallest absolute Gasteiger partial charge is 0.186 e. The molecule has 0 spiro atoms. The summed E-state index contributed by atoms with van der Waals surface area (Å²) in [6.45, 7) is 0. The van der Waals surface area contributed by atoms with E-state index in [9.17, 15) is 15.3 Å². The Kier molecular flexibility index (Phi) is 5.07. The van der Waals surface area contributed by atoms with Crippen molar-refractivity contribution in [3.05, 3.63) is 105 Å². The minimum absolute atomic E-state index is 0.249. The van der Waals surface area contributed by atoms with Gasteiger partial charge in [0.2, 0.25) is 0 Å². The van der Waals surface area contributed by atoms with Gasteiger partial charge in [0.1, 0.15) is 6.04 Å². The van der Waals surface area contributed by atoms with Crippen LogP contribution < -0.4 is 4.90 Å². The van der Waals surface area contributed by atoms with E-state index >= 15 is 0 Å². The van der Waals surface area contributed by atoms with Gasteiger partial charge < -0.3 is 4.90 Å². The number of halogens is 1. The molecule has 4 atom stereocenters. The van der Waals surface area contributed by atoms with E-state index in [-0.39, 0.29) is 5.78 Å². The lowest BCUT2D eigenvalue weighted by Crippen LogP contribution is -2.45. The molecule has 3 aromatic rings. The molecule has 0 N–H and O–H groups in total. The van der Waals surface area contributed by atoms with Crippen molar-refractivity contribution in [2.24, 2.45) is 5.41 Å². The molecule has 154 valence electrons. The minimum atomic E-state index is -1.44. The third-order valence-electron chi connectivity index (χ3n) is 6.49. The summed E-state index contributed by atoms with van der Waals surface area (Å²) >= 11 is 2.26. The lowest BCUT2D eigenvalue weighted by atomic mass is 9.65. The number of rotatable bonds is 3. The molecule has 5 heteroatoms. The van der Waals surface area contributed by atoms with Crippen LogP contribution in [0.5, 0.6) is 0 Å². The molecule has 0 aliphatic carbocycles. The highest BCUT2D eigenvalue weighted by Crippen LogP contribution is 2.56. The number of nitrogens with zero attached hydrogens (tertiary/aromatic N) is 3. The Morgan fingerprint density at radius 3 is 2.31 bits per heavy atom. The van der Waals surface area contributed by atoms with Crippen molar-refractivity contribution in [1.82, 2.24) is 0 Å². The number of hydrogen-bond donors (Lipinski definition) is 0. The second-order valence-corrected chi connectivity index (χ2v) is 9.30. The molecule has 1 fully saturated rings. The Labute approximate surface area is 200 Å². The van der Waals surface area contributed by atoms with Crippen LogP contribution in [0.4, 0.5) is 5.69 Å². The fourth-order valence-electron chi connectivity index (χ4n) is 5.15. The van der Waals surface area contributed by atoms with Gasteiger partial charge in [-0.15, -0.1) is 0 Å². The lowest BCUT2D eigenvalue weighted by molar-refractivity contribution is 0.0842. The Balaban J connectivity index is 1.79. The maximum Gasteiger partial charge on any atom is 0.186 e. The Hall–Kier alpha value is -3.42. The van der Waals surface area contributed by atoms with E-state index in [4.69, 9.17) is 0 Å². The quantitative estimate of drug-likeness (QED) is 0.330. The van der Waals surface area contributed by atoms with Crippen LogP contribution in [0, 0.1) is 31.6 Å². The first-order valence-corrected chi connectivity index (χ1v) is 11.4. The van der Waals surface area contributed by atoms with E-state index in [2.05, 4.69) is 40.8 Å². The molecule has 2 heterocycles. The van der Waals surface area contributed by atoms with Crippen LogP contribution in [-0.2, 0) is 0 Å². The molecule has 0 amide bonds. The maximum atomic E-state index is 14.1. The number of Topliss-reactive ketones (excluding diaryl/α,β-unsaturated/α-hetero) is 1. The largest absolute Gasteiger partial charge is 0.346 e. The van der Waals surface area contributed by atoms with Crippen molar-refractivity contribution in [3.8, 4) is 12.1 Å². The van der Waals surface area contributed by atoms with Crippen molar-refractivity contribution >= 4 is 40.1 Å². The number of benzene rings is 3. The fraction of sp³-hybridized carbons (Fsp3) is 0.148. The first-order chi connectivity index (χ1) is 15.6. The predicted molar refractivity (Wildman–Crippen MR) is 132 cm³/mol. The predicted octanol–water partition coefficient (Wildman–Crippen LogP) is 5.58. The van der Waals surface area contributed by atoms with Gasteiger partial charge in [-0.05, 0) is 51.9 Å². The molecule has 0 bridgehead atoms. The number of anilines is 1. The molecule has 2 aliphatic rings. The SMILES string of the molecule is N#C[C@@H]1[C@@H](c2ccccc2)[C@](C#N)(C(=O)c2ccccc2)[C@H]2C=Cc3cc(I)ccc3N12. The first-order valence-electron chi connectivity index (χ1n) is 10.3. The van der Waals surface area contributed by atoms with Gasteiger partial charge in [0.15, 0.2) is 11.2 Å². The van der Waals surface area contributed by atoms with Crippen LogP contribution in [0.2, 0.25) is 0 Å². The standard InChI is InChI=1S/C27H18IN3O/c28-21-12-13-22-20(15-21)11-14-24-27(17-30,26(32)19-9-5-2-6-10-19)25(23(16-29)31(22)24)18-7-3-1-4-8-18/h1-15,23-25H/t23-,24-,25-,27-/m1/s1. The number of hydrogen-bond acceptors (Lipinski definition) is 4. The van der Waals surface area contributed by atoms with Crippen LogP contribution in [0.25, 0.3) is 6.08 Å². The summed E-state index contributed by atoms with van der Waals surface area (Å²) < 4.78 is 1.09. The summed E-state index contributed by atoms with van der Waals surface area (Å²) in [5.74, 6) is -0.855. The second-order valence-electron chi connectivity index (χ2n) is 8.05. The van der Waals surface area contributed by atoms with Crippen LogP contribution >= 0.6 is 22.6 Å². The monoisotopic (exact) mass is 527 g/mol. The van der Waals surface area contributed by atoms with Crippen molar-refractivity contribution in [1.29, 1.82) is 10.5 Å². The molecule has 0 saturated carbocycles. The molecule has 32 heavy (non-hydrogen) atoms. The molecular formula is C27H18IN3O. The van der Waals surface area contributed by atoms with Gasteiger partial charge in [-0.1, -0.05) is 72.8 Å². The number of nitriles is 2. The number of carbonyl (C=O) groups is 1. The van der Waals surface area contributed by atoms with E-state index in [1.165, 1.54) is 0 Å². The molecule has 0 unspecified atom stereocenters. The normalized spacial score (nSPS) is 25.3. The average molecular weight is 527 g/mol. The van der Waals surface area contributed by atoms with Gasteiger partial charge in [-0.2, -0.15) is 10.5 Å². The van der Waals surface area contributed by atoms with Crippen molar-refractivity contribution < 1.29 is 4.79 Å². The third kappa shape index (κ3) is 2.89. The summed E-state index contributed by atoms with van der Waals surface area (Å²) in [5.41, 5.74) is 1.72. The Bertz CT molecular complexity index is 1310. The maximum absolute atomic E-state index is 14.1. The van der Waals surface area contributed by atoms with Crippen molar-refractivity contribution in [2.45, 2.75) is 18.0 Å². The van der Waals surface area contributed by atoms with Crippen LogP contribution in [0.1, 0.15) is 27.4 Å². The van der Waals surface area contributed by atoms with Crippen LogP contribution in [0.3, 0.4) is 0 Å². The zero-order valence-electron chi connectivity index (χ0n) is 17.0. The number of fused-ring (bicyclic) bond motifs is 3. The van der Waals surface area contributed by atoms with Crippen molar-refractivity contribution in [2.75, 3.05) is 4.90 Å². The van der Waals surface area contributed by atoms with Gasteiger partial charge in [0.05, 0.1) is 18.2 Å². The third-order valence-corrected chi connectivity index (χ3v) is 7.16. The molecular weight excluding hydrogens is 509 g/mol. The van der Waals surface area contributed by atoms with Crippen LogP contribution in [0.15, 0.2) is 84.9 Å². The molecule has 3 aromatic carbocycles. The van der Waals surface area contributed by atoms with Gasteiger partial charge in [0.25, 0.3) is 0 Å². The highest BCUT2D eigenvalue weighted by Gasteiger charge is 2.64. The zero-order chi connectivity index (χ0) is 22.3. The second kappa shape index (κ2) is 7.93. The van der Waals surface area contributed by atoms with Gasteiger partial charge in [-0.3, -0.25) is 4.79 Å². The number of ketones is 1. The molecule has 1 saturated heterocycles. The Morgan fingerprint density at radius 2 is 1.66 bits per heavy atom. The molecule has 2 aliphatic heterocycles. The Morgan fingerprint density at radius 1 is 0.969 bits per heavy atom. The lowest BCUT2D eigenvalue weighted by Gasteiger charge is -2.36. The summed E-state index contributed by atoms with van der Waals surface area (Å²) in [6, 6.07) is 28.2. The summed E-state index contributed by atoms with van der Waals surface area (Å²) in [4.78, 5) is 16.1. The van der Waals surface area contributed by atoms with Gasteiger partial charge >= 0.3 is 0 Å². The average Bonchev–Trinajstić information content (AvgIpc) is 3.15. The highest BCUT2D eigenvalue weighted by molar-refractivity contribution is 14.1. The zero-order valence-corrected chi connectivity index (χ0v) is 19.2. The topological polar surface area (TPSA) is 67.9 Å². The number of carbonyl (C=O) groups excluding carboxylic acids is 1. The molecule has 0 radical (unpaired) electrons. The molecule has 4 nitrogen and oxygen atoms in total. The van der Waals surface area contributed by atoms with Crippen molar-refractivity contribution in [3.63, 3.8) is 0 Å². The molecule has 0 aromatic heterocycles. The van der Waals surface area contributed by atoms with Gasteiger partial charge in [0, 0.05) is 20.7 Å². The van der Waals surface area contributed by atoms with Gasteiger partial charge in [-0.25, -0.2) is 0 Å². The summed E-state index contributed by atoms with van der Waals surface area (Å²) in [6.07, 6.45) is 3.90. The van der Waals surface area contributed by atoms with E-state index in [0.29, 0.717) is 5.56 Å².